The van der Waals surface area contributed by atoms with E-state index in [0.717, 1.165) is 41.8 Å². The average Bonchev–Trinajstić information content (AvgIpc) is 3.06. The van der Waals surface area contributed by atoms with E-state index in [-0.39, 0.29) is 5.91 Å². The zero-order valence-electron chi connectivity index (χ0n) is 11.4. The monoisotopic (exact) mass is 307 g/mol. The minimum absolute atomic E-state index is 0.0588. The van der Waals surface area contributed by atoms with E-state index in [2.05, 4.69) is 22.1 Å². The maximum absolute atomic E-state index is 12.0. The van der Waals surface area contributed by atoms with Gasteiger partial charge in [0.25, 0.3) is 5.91 Å². The summed E-state index contributed by atoms with van der Waals surface area (Å²) in [6, 6.07) is 3.71. The zero-order valence-corrected chi connectivity index (χ0v) is 13.0. The third-order valence-corrected chi connectivity index (χ3v) is 5.18. The first kappa shape index (κ1) is 13.7. The van der Waals surface area contributed by atoms with E-state index in [1.54, 1.807) is 11.3 Å². The molecule has 0 atom stereocenters. The molecule has 0 fully saturated rings. The number of carbonyl (C=O) groups is 1. The lowest BCUT2D eigenvalue weighted by molar-refractivity contribution is 0.103. The summed E-state index contributed by atoms with van der Waals surface area (Å²) in [5.74, 6) is -0.0588. The second-order valence-corrected chi connectivity index (χ2v) is 6.88. The van der Waals surface area contributed by atoms with E-state index in [9.17, 15) is 4.79 Å². The van der Waals surface area contributed by atoms with Gasteiger partial charge in [-0.1, -0.05) is 13.0 Å². The molecule has 3 heterocycles. The second-order valence-electron chi connectivity index (χ2n) is 4.85. The van der Waals surface area contributed by atoms with Crippen LogP contribution >= 0.6 is 22.7 Å². The van der Waals surface area contributed by atoms with Crippen molar-refractivity contribution in [3.8, 4) is 0 Å². The highest BCUT2D eigenvalue weighted by atomic mass is 32.1. The molecule has 106 valence electrons. The summed E-state index contributed by atoms with van der Waals surface area (Å²) in [6.45, 7) is 5.38. The molecule has 0 aromatic carbocycles. The number of thiazole rings is 1. The van der Waals surface area contributed by atoms with Crippen LogP contribution in [0.15, 0.2) is 17.5 Å². The van der Waals surface area contributed by atoms with Crippen molar-refractivity contribution in [1.29, 1.82) is 0 Å². The second kappa shape index (κ2) is 6.03. The molecular formula is C14H17N3OS2. The molecule has 1 N–H and O–H groups in total. The quantitative estimate of drug-likeness (QED) is 0.943. The van der Waals surface area contributed by atoms with Gasteiger partial charge in [0.2, 0.25) is 0 Å². The lowest BCUT2D eigenvalue weighted by Gasteiger charge is -2.24. The van der Waals surface area contributed by atoms with Crippen LogP contribution in [0.5, 0.6) is 0 Å². The summed E-state index contributed by atoms with van der Waals surface area (Å²) >= 11 is 3.06. The van der Waals surface area contributed by atoms with Crippen molar-refractivity contribution in [1.82, 2.24) is 9.88 Å². The van der Waals surface area contributed by atoms with Crippen LogP contribution in [-0.4, -0.2) is 28.9 Å². The Labute approximate surface area is 126 Å². The molecule has 0 saturated heterocycles. The van der Waals surface area contributed by atoms with Crippen LogP contribution in [0, 0.1) is 0 Å². The predicted molar refractivity (Wildman–Crippen MR) is 83.7 cm³/mol. The molecule has 0 aliphatic carbocycles. The van der Waals surface area contributed by atoms with Gasteiger partial charge in [-0.05, 0) is 24.4 Å². The Morgan fingerprint density at radius 2 is 2.45 bits per heavy atom. The van der Waals surface area contributed by atoms with Crippen molar-refractivity contribution in [2.45, 2.75) is 26.3 Å². The summed E-state index contributed by atoms with van der Waals surface area (Å²) < 4.78 is 0. The number of aromatic nitrogens is 1. The van der Waals surface area contributed by atoms with Gasteiger partial charge in [0.05, 0.1) is 10.6 Å². The number of nitrogens with one attached hydrogen (secondary N) is 1. The number of carbonyl (C=O) groups excluding carboxylic acids is 1. The molecule has 2 aromatic rings. The number of hydrogen-bond donors (Lipinski definition) is 1. The summed E-state index contributed by atoms with van der Waals surface area (Å²) in [7, 11) is 0. The van der Waals surface area contributed by atoms with E-state index < -0.39 is 0 Å². The highest BCUT2D eigenvalue weighted by molar-refractivity contribution is 7.16. The highest BCUT2D eigenvalue weighted by Crippen LogP contribution is 2.28. The third-order valence-electron chi connectivity index (χ3n) is 3.32. The minimum atomic E-state index is -0.0588. The molecule has 6 heteroatoms. The summed E-state index contributed by atoms with van der Waals surface area (Å²) in [5, 5.41) is 5.54. The number of amides is 1. The van der Waals surface area contributed by atoms with E-state index in [1.165, 1.54) is 22.6 Å². The fourth-order valence-corrected chi connectivity index (χ4v) is 4.04. The summed E-state index contributed by atoms with van der Waals surface area (Å²) in [6.07, 6.45) is 2.16. The van der Waals surface area contributed by atoms with Gasteiger partial charge in [-0.15, -0.1) is 22.7 Å². The number of hydrogen-bond acceptors (Lipinski definition) is 5. The largest absolute Gasteiger partial charge is 0.298 e. The van der Waals surface area contributed by atoms with Crippen LogP contribution in [0.1, 0.15) is 33.6 Å². The van der Waals surface area contributed by atoms with Crippen LogP contribution in [0.4, 0.5) is 5.13 Å². The SMILES string of the molecule is CCCN1CCc2nc(NC(=O)c3cccs3)sc2C1. The number of rotatable bonds is 4. The normalized spacial score (nSPS) is 15.1. The lowest BCUT2D eigenvalue weighted by atomic mass is 10.2. The van der Waals surface area contributed by atoms with Crippen LogP contribution in [0.3, 0.4) is 0 Å². The van der Waals surface area contributed by atoms with Crippen molar-refractivity contribution < 1.29 is 4.79 Å². The maximum Gasteiger partial charge on any atom is 0.267 e. The van der Waals surface area contributed by atoms with Crippen LogP contribution < -0.4 is 5.32 Å². The van der Waals surface area contributed by atoms with Crippen LogP contribution in [0.2, 0.25) is 0 Å². The Morgan fingerprint density at radius 3 is 3.20 bits per heavy atom. The molecule has 20 heavy (non-hydrogen) atoms. The standard InChI is InChI=1S/C14H17N3OS2/c1-2-6-17-7-5-10-12(9-17)20-14(15-10)16-13(18)11-4-3-8-19-11/h3-4,8H,2,5-7,9H2,1H3,(H,15,16,18). The fraction of sp³-hybridized carbons (Fsp3) is 0.429. The number of nitrogens with zero attached hydrogens (tertiary/aromatic N) is 2. The van der Waals surface area contributed by atoms with Crippen molar-refractivity contribution in [2.75, 3.05) is 18.4 Å². The van der Waals surface area contributed by atoms with E-state index in [1.807, 2.05) is 17.5 Å². The molecule has 1 aliphatic heterocycles. The molecule has 0 radical (unpaired) electrons. The molecule has 2 aromatic heterocycles. The Bertz CT molecular complexity index is 592. The Hall–Kier alpha value is -1.24. The predicted octanol–water partition coefficient (Wildman–Crippen LogP) is 3.23. The van der Waals surface area contributed by atoms with Gasteiger partial charge in [-0.3, -0.25) is 15.0 Å². The topological polar surface area (TPSA) is 45.2 Å². The Balaban J connectivity index is 1.69. The first-order valence-corrected chi connectivity index (χ1v) is 8.51. The number of thiophene rings is 1. The van der Waals surface area contributed by atoms with Crippen molar-refractivity contribution in [2.24, 2.45) is 0 Å². The molecule has 4 nitrogen and oxygen atoms in total. The smallest absolute Gasteiger partial charge is 0.267 e. The molecule has 0 saturated carbocycles. The van der Waals surface area contributed by atoms with Gasteiger partial charge in [0.1, 0.15) is 0 Å². The Kier molecular flexibility index (Phi) is 4.14. The molecule has 3 rings (SSSR count). The van der Waals surface area contributed by atoms with Gasteiger partial charge in [-0.25, -0.2) is 4.98 Å². The first-order chi connectivity index (χ1) is 9.76. The lowest BCUT2D eigenvalue weighted by Crippen LogP contribution is -2.30. The van der Waals surface area contributed by atoms with Crippen molar-refractivity contribution in [3.63, 3.8) is 0 Å². The molecule has 0 unspecified atom stereocenters. The molecular weight excluding hydrogens is 290 g/mol. The number of anilines is 1. The first-order valence-electron chi connectivity index (χ1n) is 6.82. The van der Waals surface area contributed by atoms with Gasteiger partial charge < -0.3 is 0 Å². The van der Waals surface area contributed by atoms with Crippen molar-refractivity contribution >= 4 is 33.7 Å². The minimum Gasteiger partial charge on any atom is -0.298 e. The average molecular weight is 307 g/mol. The van der Waals surface area contributed by atoms with Crippen LogP contribution in [0.25, 0.3) is 0 Å². The van der Waals surface area contributed by atoms with Gasteiger partial charge in [0, 0.05) is 24.4 Å². The zero-order chi connectivity index (χ0) is 13.9. The van der Waals surface area contributed by atoms with Crippen LogP contribution in [-0.2, 0) is 13.0 Å². The van der Waals surface area contributed by atoms with Gasteiger partial charge in [-0.2, -0.15) is 0 Å². The van der Waals surface area contributed by atoms with E-state index in [0.29, 0.717) is 0 Å². The molecule has 0 bridgehead atoms. The van der Waals surface area contributed by atoms with Gasteiger partial charge in [0.15, 0.2) is 5.13 Å². The molecule has 1 aliphatic rings. The number of fused-ring (bicyclic) bond motifs is 1. The molecule has 0 spiro atoms. The van der Waals surface area contributed by atoms with Crippen molar-refractivity contribution in [3.05, 3.63) is 33.0 Å². The maximum atomic E-state index is 12.0. The van der Waals surface area contributed by atoms with Gasteiger partial charge >= 0.3 is 0 Å². The Morgan fingerprint density at radius 1 is 1.55 bits per heavy atom. The highest BCUT2D eigenvalue weighted by Gasteiger charge is 2.21. The third kappa shape index (κ3) is 2.92. The van der Waals surface area contributed by atoms with E-state index >= 15 is 0 Å². The summed E-state index contributed by atoms with van der Waals surface area (Å²) in [4.78, 5) is 21.0. The van der Waals surface area contributed by atoms with E-state index in [4.69, 9.17) is 0 Å². The summed E-state index contributed by atoms with van der Waals surface area (Å²) in [5.41, 5.74) is 1.16. The fourth-order valence-electron chi connectivity index (χ4n) is 2.38. The molecule has 1 amide bonds.